The topological polar surface area (TPSA) is 28.4 Å². The highest BCUT2D eigenvalue weighted by Gasteiger charge is 2.18. The van der Waals surface area contributed by atoms with E-state index >= 15 is 0 Å². The van der Waals surface area contributed by atoms with E-state index < -0.39 is 0 Å². The zero-order valence-corrected chi connectivity index (χ0v) is 12.1. The van der Waals surface area contributed by atoms with Crippen molar-refractivity contribution in [2.45, 2.75) is 25.4 Å². The third-order valence-corrected chi connectivity index (χ3v) is 3.85. The molecule has 1 saturated heterocycles. The lowest BCUT2D eigenvalue weighted by molar-refractivity contribution is 0.183. The Morgan fingerprint density at radius 1 is 1.26 bits per heavy atom. The van der Waals surface area contributed by atoms with Gasteiger partial charge in [-0.25, -0.2) is 0 Å². The largest absolute Gasteiger partial charge is 0.460 e. The first-order chi connectivity index (χ1) is 8.85. The lowest BCUT2D eigenvalue weighted by Gasteiger charge is -2.30. The van der Waals surface area contributed by atoms with Crippen molar-refractivity contribution in [3.63, 3.8) is 0 Å². The second-order valence-corrected chi connectivity index (χ2v) is 5.09. The molecule has 104 valence electrons. The van der Waals surface area contributed by atoms with Gasteiger partial charge in [0.15, 0.2) is 0 Å². The Morgan fingerprint density at radius 3 is 2.68 bits per heavy atom. The molecule has 2 heterocycles. The molecule has 0 atom stereocenters. The van der Waals surface area contributed by atoms with Crippen LogP contribution >= 0.6 is 12.4 Å². The number of rotatable bonds is 3. The molecule has 1 aliphatic heterocycles. The van der Waals surface area contributed by atoms with Crippen LogP contribution in [0.15, 0.2) is 34.7 Å². The summed E-state index contributed by atoms with van der Waals surface area (Å²) < 4.78 is 5.87. The molecule has 0 aliphatic carbocycles. The van der Waals surface area contributed by atoms with Crippen LogP contribution in [0.5, 0.6) is 0 Å². The third kappa shape index (κ3) is 3.30. The van der Waals surface area contributed by atoms with Crippen LogP contribution in [0, 0.1) is 0 Å². The number of para-hydroxylation sites is 1. The van der Waals surface area contributed by atoms with Crippen molar-refractivity contribution in [2.75, 3.05) is 20.1 Å². The Balaban J connectivity index is 0.00000133. The van der Waals surface area contributed by atoms with E-state index in [2.05, 4.69) is 35.5 Å². The summed E-state index contributed by atoms with van der Waals surface area (Å²) >= 11 is 0. The van der Waals surface area contributed by atoms with Crippen LogP contribution in [0.2, 0.25) is 0 Å². The normalized spacial score (nSPS) is 17.5. The lowest BCUT2D eigenvalue weighted by atomic mass is 10.1. The SMILES string of the molecule is CNC1CCN(Cc2cc3ccccc3o2)CC1.Cl. The summed E-state index contributed by atoms with van der Waals surface area (Å²) in [5.74, 6) is 1.08. The molecular formula is C15H21ClN2O. The number of piperidine rings is 1. The van der Waals surface area contributed by atoms with E-state index in [1.807, 2.05) is 12.1 Å². The highest BCUT2D eigenvalue weighted by Crippen LogP contribution is 2.21. The van der Waals surface area contributed by atoms with Crippen LogP contribution in [-0.2, 0) is 6.54 Å². The van der Waals surface area contributed by atoms with Gasteiger partial charge in [-0.05, 0) is 32.0 Å². The van der Waals surface area contributed by atoms with Crippen LogP contribution in [0.4, 0.5) is 0 Å². The van der Waals surface area contributed by atoms with Gasteiger partial charge < -0.3 is 9.73 Å². The molecule has 1 fully saturated rings. The van der Waals surface area contributed by atoms with Crippen molar-refractivity contribution in [3.8, 4) is 0 Å². The van der Waals surface area contributed by atoms with Crippen LogP contribution in [-0.4, -0.2) is 31.1 Å². The van der Waals surface area contributed by atoms with Crippen LogP contribution < -0.4 is 5.32 Å². The van der Waals surface area contributed by atoms with Crippen molar-refractivity contribution in [3.05, 3.63) is 36.1 Å². The molecule has 0 radical (unpaired) electrons. The fourth-order valence-corrected chi connectivity index (χ4v) is 2.71. The van der Waals surface area contributed by atoms with Gasteiger partial charge in [-0.1, -0.05) is 18.2 Å². The highest BCUT2D eigenvalue weighted by molar-refractivity contribution is 5.85. The zero-order valence-electron chi connectivity index (χ0n) is 11.3. The summed E-state index contributed by atoms with van der Waals surface area (Å²) in [5, 5.41) is 4.57. The quantitative estimate of drug-likeness (QED) is 0.937. The molecular weight excluding hydrogens is 260 g/mol. The molecule has 1 aromatic heterocycles. The van der Waals surface area contributed by atoms with Crippen molar-refractivity contribution >= 4 is 23.4 Å². The fourth-order valence-electron chi connectivity index (χ4n) is 2.71. The van der Waals surface area contributed by atoms with Gasteiger partial charge in [0.05, 0.1) is 6.54 Å². The van der Waals surface area contributed by atoms with Gasteiger partial charge in [-0.15, -0.1) is 12.4 Å². The molecule has 1 aromatic carbocycles. The van der Waals surface area contributed by atoms with E-state index in [1.54, 1.807) is 0 Å². The van der Waals surface area contributed by atoms with Crippen LogP contribution in [0.25, 0.3) is 11.0 Å². The molecule has 0 saturated carbocycles. The Morgan fingerprint density at radius 2 is 2.00 bits per heavy atom. The van der Waals surface area contributed by atoms with Gasteiger partial charge in [0.2, 0.25) is 0 Å². The molecule has 19 heavy (non-hydrogen) atoms. The number of nitrogens with zero attached hydrogens (tertiary/aromatic N) is 1. The molecule has 1 aliphatic rings. The fraction of sp³-hybridized carbons (Fsp3) is 0.467. The first-order valence-electron chi connectivity index (χ1n) is 6.72. The van der Waals surface area contributed by atoms with Gasteiger partial charge in [0.25, 0.3) is 0 Å². The number of fused-ring (bicyclic) bond motifs is 1. The number of benzene rings is 1. The minimum Gasteiger partial charge on any atom is -0.460 e. The van der Waals surface area contributed by atoms with E-state index in [0.29, 0.717) is 6.04 Å². The standard InChI is InChI=1S/C15H20N2O.ClH/c1-16-13-6-8-17(9-7-13)11-14-10-12-4-2-3-5-15(12)18-14;/h2-5,10,13,16H,6-9,11H2,1H3;1H. The zero-order chi connectivity index (χ0) is 12.4. The van der Waals surface area contributed by atoms with E-state index in [0.717, 1.165) is 31.0 Å². The molecule has 4 heteroatoms. The monoisotopic (exact) mass is 280 g/mol. The second-order valence-electron chi connectivity index (χ2n) is 5.09. The van der Waals surface area contributed by atoms with E-state index in [1.165, 1.54) is 18.2 Å². The van der Waals surface area contributed by atoms with Gasteiger partial charge in [0, 0.05) is 24.5 Å². The molecule has 3 rings (SSSR count). The number of halogens is 1. The predicted octanol–water partition coefficient (Wildman–Crippen LogP) is 3.04. The number of hydrogen-bond donors (Lipinski definition) is 1. The lowest BCUT2D eigenvalue weighted by Crippen LogP contribution is -2.40. The molecule has 0 amide bonds. The van der Waals surface area contributed by atoms with Crippen LogP contribution in [0.3, 0.4) is 0 Å². The summed E-state index contributed by atoms with van der Waals surface area (Å²) in [6.07, 6.45) is 2.47. The van der Waals surface area contributed by atoms with Gasteiger partial charge in [-0.3, -0.25) is 4.90 Å². The van der Waals surface area contributed by atoms with Gasteiger partial charge >= 0.3 is 0 Å². The molecule has 0 spiro atoms. The number of nitrogens with one attached hydrogen (secondary N) is 1. The summed E-state index contributed by atoms with van der Waals surface area (Å²) in [5.41, 5.74) is 0.998. The van der Waals surface area contributed by atoms with Crippen molar-refractivity contribution in [1.29, 1.82) is 0 Å². The summed E-state index contributed by atoms with van der Waals surface area (Å²) in [4.78, 5) is 2.48. The summed E-state index contributed by atoms with van der Waals surface area (Å²) in [6.45, 7) is 3.25. The Bertz CT molecular complexity index is 485. The molecule has 0 bridgehead atoms. The number of furan rings is 1. The third-order valence-electron chi connectivity index (χ3n) is 3.85. The maximum atomic E-state index is 5.87. The van der Waals surface area contributed by atoms with Crippen molar-refractivity contribution < 1.29 is 4.42 Å². The minimum absolute atomic E-state index is 0. The number of likely N-dealkylation sites (tertiary alicyclic amines) is 1. The predicted molar refractivity (Wildman–Crippen MR) is 80.8 cm³/mol. The first kappa shape index (κ1) is 14.4. The molecule has 0 unspecified atom stereocenters. The average molecular weight is 281 g/mol. The average Bonchev–Trinajstić information content (AvgIpc) is 2.82. The summed E-state index contributed by atoms with van der Waals surface area (Å²) in [6, 6.07) is 11.1. The Labute approximate surface area is 120 Å². The molecule has 1 N–H and O–H groups in total. The van der Waals surface area contributed by atoms with E-state index in [9.17, 15) is 0 Å². The van der Waals surface area contributed by atoms with Crippen molar-refractivity contribution in [1.82, 2.24) is 10.2 Å². The summed E-state index contributed by atoms with van der Waals surface area (Å²) in [7, 11) is 2.06. The highest BCUT2D eigenvalue weighted by atomic mass is 35.5. The Hall–Kier alpha value is -1.03. The van der Waals surface area contributed by atoms with Crippen LogP contribution in [0.1, 0.15) is 18.6 Å². The second kappa shape index (κ2) is 6.42. The maximum absolute atomic E-state index is 5.87. The van der Waals surface area contributed by atoms with Gasteiger partial charge in [-0.2, -0.15) is 0 Å². The molecule has 3 nitrogen and oxygen atoms in total. The number of hydrogen-bond acceptors (Lipinski definition) is 3. The molecule has 2 aromatic rings. The van der Waals surface area contributed by atoms with Crippen molar-refractivity contribution in [2.24, 2.45) is 0 Å². The van der Waals surface area contributed by atoms with Gasteiger partial charge in [0.1, 0.15) is 11.3 Å². The maximum Gasteiger partial charge on any atom is 0.134 e. The van der Waals surface area contributed by atoms with E-state index in [4.69, 9.17) is 4.42 Å². The minimum atomic E-state index is 0. The van der Waals surface area contributed by atoms with E-state index in [-0.39, 0.29) is 12.4 Å². The first-order valence-corrected chi connectivity index (χ1v) is 6.72. The smallest absolute Gasteiger partial charge is 0.134 e. The Kier molecular flexibility index (Phi) is 4.86.